The molecule has 0 aliphatic carbocycles. The maximum atomic E-state index is 12.7. The van der Waals surface area contributed by atoms with Gasteiger partial charge in [0.2, 0.25) is 0 Å². The molecule has 0 bridgehead atoms. The second kappa shape index (κ2) is 18.1. The predicted molar refractivity (Wildman–Crippen MR) is 164 cm³/mol. The van der Waals surface area contributed by atoms with Crippen molar-refractivity contribution in [3.63, 3.8) is 0 Å². The largest absolute Gasteiger partial charge is 0.494 e. The maximum absolute atomic E-state index is 12.7. The minimum Gasteiger partial charge on any atom is -0.494 e. The molecule has 0 fully saturated rings. The molecule has 0 saturated carbocycles. The van der Waals surface area contributed by atoms with E-state index in [0.29, 0.717) is 36.9 Å². The van der Waals surface area contributed by atoms with Crippen molar-refractivity contribution in [3.05, 3.63) is 66.2 Å². The minimum atomic E-state index is -0.431. The maximum Gasteiger partial charge on any atom is 0.343 e. The van der Waals surface area contributed by atoms with Crippen molar-refractivity contribution < 1.29 is 28.5 Å². The van der Waals surface area contributed by atoms with Crippen molar-refractivity contribution in [2.45, 2.75) is 85.0 Å². The van der Waals surface area contributed by atoms with Crippen molar-refractivity contribution in [2.24, 2.45) is 5.92 Å². The molecule has 0 aliphatic heterocycles. The second-order valence-electron chi connectivity index (χ2n) is 10.6. The fourth-order valence-corrected chi connectivity index (χ4v) is 4.54. The van der Waals surface area contributed by atoms with Gasteiger partial charge in [-0.1, -0.05) is 76.8 Å². The number of fused-ring (bicyclic) bond motifs is 1. The first kappa shape index (κ1) is 32.1. The third kappa shape index (κ3) is 11.6. The molecule has 0 spiro atoms. The van der Waals surface area contributed by atoms with Gasteiger partial charge in [0.1, 0.15) is 17.2 Å². The summed E-state index contributed by atoms with van der Waals surface area (Å²) < 4.78 is 22.3. The number of carbonyl (C=O) groups excluding carboxylic acids is 2. The summed E-state index contributed by atoms with van der Waals surface area (Å²) in [6.07, 6.45) is 12.9. The van der Waals surface area contributed by atoms with Gasteiger partial charge in [0, 0.05) is 6.61 Å². The van der Waals surface area contributed by atoms with Gasteiger partial charge >= 0.3 is 11.9 Å². The first-order chi connectivity index (χ1) is 20.0. The number of hydrogen-bond donors (Lipinski definition) is 0. The molecule has 222 valence electrons. The van der Waals surface area contributed by atoms with Crippen molar-refractivity contribution in [1.82, 2.24) is 0 Å². The van der Waals surface area contributed by atoms with Gasteiger partial charge in [-0.3, -0.25) is 4.79 Å². The number of carbonyl (C=O) groups is 2. The molecule has 0 aromatic heterocycles. The molecule has 6 nitrogen and oxygen atoms in total. The van der Waals surface area contributed by atoms with Gasteiger partial charge in [-0.2, -0.15) is 0 Å². The number of benzene rings is 3. The molecule has 3 aromatic carbocycles. The van der Waals surface area contributed by atoms with Crippen LogP contribution < -0.4 is 14.2 Å². The molecular formula is C35H46O6. The van der Waals surface area contributed by atoms with E-state index < -0.39 is 5.97 Å². The molecule has 0 aliphatic rings. The lowest BCUT2D eigenvalue weighted by Gasteiger charge is -2.12. The topological polar surface area (TPSA) is 71.1 Å². The highest BCUT2D eigenvalue weighted by molar-refractivity contribution is 5.92. The van der Waals surface area contributed by atoms with Gasteiger partial charge in [-0.05, 0) is 79.6 Å². The smallest absolute Gasteiger partial charge is 0.343 e. The summed E-state index contributed by atoms with van der Waals surface area (Å²) in [6, 6.07) is 17.8. The molecule has 1 atom stereocenters. The van der Waals surface area contributed by atoms with Crippen LogP contribution in [0.4, 0.5) is 0 Å². The Morgan fingerprint density at radius 1 is 0.659 bits per heavy atom. The number of esters is 2. The Morgan fingerprint density at radius 2 is 1.20 bits per heavy atom. The van der Waals surface area contributed by atoms with Crippen molar-refractivity contribution in [3.8, 4) is 17.2 Å². The Labute approximate surface area is 245 Å². The number of ether oxygens (including phenoxy) is 4. The van der Waals surface area contributed by atoms with Gasteiger partial charge in [0.25, 0.3) is 0 Å². The van der Waals surface area contributed by atoms with E-state index in [9.17, 15) is 9.59 Å². The molecular weight excluding hydrogens is 516 g/mol. The van der Waals surface area contributed by atoms with Crippen LogP contribution in [0.15, 0.2) is 60.7 Å². The lowest BCUT2D eigenvalue weighted by atomic mass is 10.1. The van der Waals surface area contributed by atoms with Gasteiger partial charge in [0.05, 0.1) is 24.7 Å². The third-order valence-electron chi connectivity index (χ3n) is 7.04. The third-order valence-corrected chi connectivity index (χ3v) is 7.04. The number of hydrogen-bond acceptors (Lipinski definition) is 6. The SMILES string of the molecule is CCCCCCCCCCCCOc1ccc(C(=O)Oc2ccc3cc(OC(=O)[C@H](C)COCC)ccc3c2)cc1. The van der Waals surface area contributed by atoms with Crippen LogP contribution in [0.2, 0.25) is 0 Å². The zero-order chi connectivity index (χ0) is 29.3. The van der Waals surface area contributed by atoms with Crippen molar-refractivity contribution in [1.29, 1.82) is 0 Å². The Hall–Kier alpha value is -3.38. The van der Waals surface area contributed by atoms with Crippen molar-refractivity contribution in [2.75, 3.05) is 19.8 Å². The van der Waals surface area contributed by atoms with Crippen LogP contribution in [0.5, 0.6) is 17.2 Å². The summed E-state index contributed by atoms with van der Waals surface area (Å²) in [5.41, 5.74) is 0.458. The molecule has 41 heavy (non-hydrogen) atoms. The van der Waals surface area contributed by atoms with Crippen LogP contribution >= 0.6 is 0 Å². The molecule has 0 heterocycles. The van der Waals surface area contributed by atoms with Crippen LogP contribution in [-0.2, 0) is 9.53 Å². The highest BCUT2D eigenvalue weighted by atomic mass is 16.5. The quantitative estimate of drug-likeness (QED) is 0.0825. The van der Waals surface area contributed by atoms with E-state index in [1.165, 1.54) is 57.8 Å². The zero-order valence-electron chi connectivity index (χ0n) is 25.0. The van der Waals surface area contributed by atoms with Gasteiger partial charge in [-0.25, -0.2) is 4.79 Å². The van der Waals surface area contributed by atoms with E-state index in [2.05, 4.69) is 6.92 Å². The first-order valence-corrected chi connectivity index (χ1v) is 15.3. The van der Waals surface area contributed by atoms with Crippen LogP contribution in [0.1, 0.15) is 95.3 Å². The fraction of sp³-hybridized carbons (Fsp3) is 0.486. The van der Waals surface area contributed by atoms with Crippen LogP contribution in [0, 0.1) is 5.92 Å². The summed E-state index contributed by atoms with van der Waals surface area (Å²) in [4.78, 5) is 25.0. The molecule has 3 aromatic rings. The van der Waals surface area contributed by atoms with E-state index in [-0.39, 0.29) is 11.9 Å². The molecule has 3 rings (SSSR count). The molecule has 0 saturated heterocycles. The average Bonchev–Trinajstić information content (AvgIpc) is 2.99. The summed E-state index contributed by atoms with van der Waals surface area (Å²) >= 11 is 0. The first-order valence-electron chi connectivity index (χ1n) is 15.3. The molecule has 6 heteroatoms. The van der Waals surface area contributed by atoms with Crippen LogP contribution in [0.3, 0.4) is 0 Å². The predicted octanol–water partition coefficient (Wildman–Crippen LogP) is 8.94. The van der Waals surface area contributed by atoms with Crippen LogP contribution in [0.25, 0.3) is 10.8 Å². The zero-order valence-corrected chi connectivity index (χ0v) is 25.0. The Balaban J connectivity index is 1.40. The van der Waals surface area contributed by atoms with Gasteiger partial charge < -0.3 is 18.9 Å². The molecule has 0 radical (unpaired) electrons. The van der Waals surface area contributed by atoms with E-state index in [1.54, 1.807) is 43.3 Å². The Bertz CT molecular complexity index is 1200. The molecule has 0 N–H and O–H groups in total. The fourth-order valence-electron chi connectivity index (χ4n) is 4.54. The standard InChI is InChI=1S/C35H46O6/c1-4-6-7-8-9-10-11-12-13-14-23-39-31-19-15-28(16-20-31)35(37)41-33-22-18-29-24-32(21-17-30(29)25-33)40-34(36)27(3)26-38-5-2/h15-22,24-25,27H,4-14,23,26H2,1-3H3/t27-/m1/s1. The van der Waals surface area contributed by atoms with Crippen molar-refractivity contribution >= 4 is 22.7 Å². The van der Waals surface area contributed by atoms with E-state index in [0.717, 1.165) is 22.9 Å². The summed E-state index contributed by atoms with van der Waals surface area (Å²) in [5, 5.41) is 1.74. The summed E-state index contributed by atoms with van der Waals surface area (Å²) in [5.74, 6) is 0.549. The van der Waals surface area contributed by atoms with E-state index in [4.69, 9.17) is 18.9 Å². The normalized spacial score (nSPS) is 11.8. The van der Waals surface area contributed by atoms with Gasteiger partial charge in [-0.15, -0.1) is 0 Å². The summed E-state index contributed by atoms with van der Waals surface area (Å²) in [7, 11) is 0. The van der Waals surface area contributed by atoms with E-state index in [1.807, 2.05) is 31.2 Å². The Morgan fingerprint density at radius 3 is 1.78 bits per heavy atom. The molecule has 0 amide bonds. The average molecular weight is 563 g/mol. The highest BCUT2D eigenvalue weighted by Crippen LogP contribution is 2.26. The molecule has 0 unspecified atom stereocenters. The monoisotopic (exact) mass is 562 g/mol. The highest BCUT2D eigenvalue weighted by Gasteiger charge is 2.16. The second-order valence-corrected chi connectivity index (χ2v) is 10.6. The number of rotatable bonds is 19. The van der Waals surface area contributed by atoms with Crippen LogP contribution in [-0.4, -0.2) is 31.8 Å². The lowest BCUT2D eigenvalue weighted by molar-refractivity contribution is -0.140. The van der Waals surface area contributed by atoms with Gasteiger partial charge in [0.15, 0.2) is 0 Å². The lowest BCUT2D eigenvalue weighted by Crippen LogP contribution is -2.22. The number of unbranched alkanes of at least 4 members (excludes halogenated alkanes) is 9. The Kier molecular flexibility index (Phi) is 14.2. The summed E-state index contributed by atoms with van der Waals surface area (Å²) in [6.45, 7) is 7.49. The van der Waals surface area contributed by atoms with E-state index >= 15 is 0 Å². The minimum absolute atomic E-state index is 0.326.